The molecule has 6 nitrogen and oxygen atoms in total. The third-order valence-electron chi connectivity index (χ3n) is 6.46. The number of ether oxygens (including phenoxy) is 1. The van der Waals surface area contributed by atoms with Crippen molar-refractivity contribution in [1.82, 2.24) is 20.0 Å². The van der Waals surface area contributed by atoms with Gasteiger partial charge >= 0.3 is 0 Å². The van der Waals surface area contributed by atoms with Gasteiger partial charge in [-0.2, -0.15) is 5.10 Å². The van der Waals surface area contributed by atoms with Crippen LogP contribution in [0.1, 0.15) is 47.4 Å². The van der Waals surface area contributed by atoms with Crippen LogP contribution in [-0.2, 0) is 17.8 Å². The largest absolute Gasteiger partial charge is 0.376 e. The van der Waals surface area contributed by atoms with Crippen molar-refractivity contribution in [2.75, 3.05) is 32.8 Å². The van der Waals surface area contributed by atoms with E-state index >= 15 is 0 Å². The minimum Gasteiger partial charge on any atom is -0.376 e. The minimum absolute atomic E-state index is 0.108. The highest BCUT2D eigenvalue weighted by Gasteiger charge is 2.43. The molecular weight excluding hydrogens is 304 g/mol. The van der Waals surface area contributed by atoms with Gasteiger partial charge in [-0.15, -0.1) is 0 Å². The Morgan fingerprint density at radius 1 is 1.25 bits per heavy atom. The van der Waals surface area contributed by atoms with Gasteiger partial charge in [0.15, 0.2) is 5.69 Å². The smallest absolute Gasteiger partial charge is 0.274 e. The van der Waals surface area contributed by atoms with E-state index in [2.05, 4.69) is 20.0 Å². The number of carbonyl (C=O) groups is 1. The van der Waals surface area contributed by atoms with Gasteiger partial charge in [-0.1, -0.05) is 6.42 Å². The molecule has 130 valence electrons. The molecule has 4 aliphatic heterocycles. The molecule has 5 rings (SSSR count). The summed E-state index contributed by atoms with van der Waals surface area (Å²) in [5, 5.41) is 7.40. The maximum absolute atomic E-state index is 13.1. The Labute approximate surface area is 142 Å². The summed E-state index contributed by atoms with van der Waals surface area (Å²) in [6.45, 7) is 5.46. The molecule has 24 heavy (non-hydrogen) atoms. The van der Waals surface area contributed by atoms with Crippen molar-refractivity contribution in [3.05, 3.63) is 17.0 Å². The minimum atomic E-state index is 0.108. The van der Waals surface area contributed by atoms with Crippen molar-refractivity contribution in [3.8, 4) is 0 Å². The van der Waals surface area contributed by atoms with Gasteiger partial charge in [0.25, 0.3) is 5.91 Å². The third-order valence-corrected chi connectivity index (χ3v) is 6.46. The summed E-state index contributed by atoms with van der Waals surface area (Å²) in [6.07, 6.45) is 6.13. The normalized spacial score (nSPS) is 33.0. The molecule has 0 radical (unpaired) electrons. The van der Waals surface area contributed by atoms with Gasteiger partial charge in [0.05, 0.1) is 13.2 Å². The molecule has 0 aliphatic carbocycles. The van der Waals surface area contributed by atoms with Crippen LogP contribution >= 0.6 is 0 Å². The molecule has 3 saturated heterocycles. The van der Waals surface area contributed by atoms with E-state index in [9.17, 15) is 4.79 Å². The zero-order valence-electron chi connectivity index (χ0n) is 14.2. The number of nitrogens with one attached hydrogen (secondary N) is 1. The number of nitrogens with zero attached hydrogens (tertiary/aromatic N) is 3. The Morgan fingerprint density at radius 2 is 2.21 bits per heavy atom. The van der Waals surface area contributed by atoms with Crippen molar-refractivity contribution < 1.29 is 9.53 Å². The maximum atomic E-state index is 13.1. The van der Waals surface area contributed by atoms with Gasteiger partial charge in [0.2, 0.25) is 0 Å². The fourth-order valence-corrected chi connectivity index (χ4v) is 5.37. The molecular formula is C18H26N4O2. The molecule has 2 bridgehead atoms. The number of H-pyrrole nitrogens is 1. The number of amides is 1. The van der Waals surface area contributed by atoms with E-state index < -0.39 is 0 Å². The zero-order chi connectivity index (χ0) is 16.1. The molecule has 4 aliphatic rings. The molecule has 3 fully saturated rings. The number of aromatic nitrogens is 2. The lowest BCUT2D eigenvalue weighted by molar-refractivity contribution is -0.0245. The molecule has 0 unspecified atom stereocenters. The van der Waals surface area contributed by atoms with Crippen LogP contribution in [0.25, 0.3) is 0 Å². The molecule has 5 heterocycles. The van der Waals surface area contributed by atoms with Gasteiger partial charge < -0.3 is 9.64 Å². The van der Waals surface area contributed by atoms with Crippen molar-refractivity contribution in [2.45, 2.75) is 44.8 Å². The number of likely N-dealkylation sites (tertiary alicyclic amines) is 1. The lowest BCUT2D eigenvalue weighted by atomic mass is 9.76. The fourth-order valence-electron chi connectivity index (χ4n) is 5.37. The SMILES string of the molecule is O=C(c1n[nH]c2c1COCC2)N1C[C@@H]2C[C@H](C1)[C@@H]1CCCCN1C2. The summed E-state index contributed by atoms with van der Waals surface area (Å²) >= 11 is 0. The first-order valence-electron chi connectivity index (χ1n) is 9.47. The Balaban J connectivity index is 1.36. The average Bonchev–Trinajstić information content (AvgIpc) is 3.05. The highest BCUT2D eigenvalue weighted by molar-refractivity contribution is 5.94. The number of carbonyl (C=O) groups excluding carboxylic acids is 1. The van der Waals surface area contributed by atoms with E-state index in [1.807, 2.05) is 0 Å². The lowest BCUT2D eigenvalue weighted by Gasteiger charge is -2.52. The van der Waals surface area contributed by atoms with E-state index in [1.54, 1.807) is 0 Å². The van der Waals surface area contributed by atoms with Gasteiger partial charge in [0.1, 0.15) is 0 Å². The summed E-state index contributed by atoms with van der Waals surface area (Å²) in [5.41, 5.74) is 2.67. The quantitative estimate of drug-likeness (QED) is 0.846. The van der Waals surface area contributed by atoms with Crippen LogP contribution in [0, 0.1) is 11.8 Å². The van der Waals surface area contributed by atoms with Crippen LogP contribution in [0.4, 0.5) is 0 Å². The molecule has 0 spiro atoms. The number of rotatable bonds is 1. The zero-order valence-corrected chi connectivity index (χ0v) is 14.2. The first kappa shape index (κ1) is 14.9. The molecule has 1 aromatic rings. The Bertz CT molecular complexity index is 643. The number of fused-ring (bicyclic) bond motifs is 5. The average molecular weight is 330 g/mol. The first-order valence-corrected chi connectivity index (χ1v) is 9.47. The van der Waals surface area contributed by atoms with Crippen LogP contribution in [0.15, 0.2) is 0 Å². The fraction of sp³-hybridized carbons (Fsp3) is 0.778. The summed E-state index contributed by atoms with van der Waals surface area (Å²) in [6, 6.07) is 0.696. The number of piperidine rings is 3. The van der Waals surface area contributed by atoms with Crippen LogP contribution in [0.5, 0.6) is 0 Å². The number of hydrogen-bond acceptors (Lipinski definition) is 4. The second-order valence-electron chi connectivity index (χ2n) is 7.96. The van der Waals surface area contributed by atoms with E-state index in [-0.39, 0.29) is 5.91 Å². The van der Waals surface area contributed by atoms with Crippen LogP contribution < -0.4 is 0 Å². The summed E-state index contributed by atoms with van der Waals surface area (Å²) < 4.78 is 5.54. The van der Waals surface area contributed by atoms with E-state index in [0.717, 1.165) is 30.8 Å². The monoisotopic (exact) mass is 330 g/mol. The van der Waals surface area contributed by atoms with E-state index in [4.69, 9.17) is 4.74 Å². The molecule has 1 N–H and O–H groups in total. The predicted octanol–water partition coefficient (Wildman–Crippen LogP) is 1.43. The van der Waals surface area contributed by atoms with Crippen molar-refractivity contribution >= 4 is 5.91 Å². The van der Waals surface area contributed by atoms with Gasteiger partial charge in [0, 0.05) is 43.4 Å². The van der Waals surface area contributed by atoms with E-state index in [0.29, 0.717) is 36.8 Å². The molecule has 0 aromatic carbocycles. The molecule has 1 amide bonds. The Kier molecular flexibility index (Phi) is 3.63. The highest BCUT2D eigenvalue weighted by Crippen LogP contribution is 2.38. The van der Waals surface area contributed by atoms with Crippen LogP contribution in [0.3, 0.4) is 0 Å². The van der Waals surface area contributed by atoms with Crippen LogP contribution in [0.2, 0.25) is 0 Å². The summed E-state index contributed by atoms with van der Waals surface area (Å²) in [4.78, 5) is 17.9. The topological polar surface area (TPSA) is 61.5 Å². The van der Waals surface area contributed by atoms with Gasteiger partial charge in [-0.3, -0.25) is 14.8 Å². The number of hydrogen-bond donors (Lipinski definition) is 1. The summed E-state index contributed by atoms with van der Waals surface area (Å²) in [5.74, 6) is 1.39. The summed E-state index contributed by atoms with van der Waals surface area (Å²) in [7, 11) is 0. The first-order chi connectivity index (χ1) is 11.8. The van der Waals surface area contributed by atoms with Gasteiger partial charge in [-0.05, 0) is 37.6 Å². The second kappa shape index (κ2) is 5.85. The van der Waals surface area contributed by atoms with Crippen molar-refractivity contribution in [1.29, 1.82) is 0 Å². The Hall–Kier alpha value is -1.40. The highest BCUT2D eigenvalue weighted by atomic mass is 16.5. The molecule has 6 heteroatoms. The Morgan fingerprint density at radius 3 is 3.17 bits per heavy atom. The molecule has 3 atom stereocenters. The van der Waals surface area contributed by atoms with Crippen LogP contribution in [-0.4, -0.2) is 64.7 Å². The lowest BCUT2D eigenvalue weighted by Crippen LogP contribution is -2.59. The second-order valence-corrected chi connectivity index (χ2v) is 7.96. The predicted molar refractivity (Wildman–Crippen MR) is 88.7 cm³/mol. The van der Waals surface area contributed by atoms with Crippen molar-refractivity contribution in [2.24, 2.45) is 11.8 Å². The number of aromatic amines is 1. The van der Waals surface area contributed by atoms with Gasteiger partial charge in [-0.25, -0.2) is 0 Å². The molecule has 0 saturated carbocycles. The molecule has 1 aromatic heterocycles. The standard InChI is InChI=1S/C18H26N4O2/c23-18(17-14-11-24-6-4-15(14)19-20-17)22-9-12-7-13(10-22)16-3-1-2-5-21(16)8-12/h12-13,16H,1-11H2,(H,19,20)/t12-,13-,16+/m1/s1. The maximum Gasteiger partial charge on any atom is 0.274 e. The third kappa shape index (κ3) is 2.39. The van der Waals surface area contributed by atoms with E-state index in [1.165, 1.54) is 38.8 Å². The van der Waals surface area contributed by atoms with Crippen molar-refractivity contribution in [3.63, 3.8) is 0 Å².